The van der Waals surface area contributed by atoms with Gasteiger partial charge in [0.1, 0.15) is 11.6 Å². The second-order valence-corrected chi connectivity index (χ2v) is 20.6. The molecule has 0 aromatic carbocycles. The highest BCUT2D eigenvalue weighted by Crippen LogP contribution is 2.38. The first-order valence-corrected chi connectivity index (χ1v) is 25.4. The van der Waals surface area contributed by atoms with Crippen molar-refractivity contribution in [3.8, 4) is 0 Å². The molecule has 12 nitrogen and oxygen atoms in total. The van der Waals surface area contributed by atoms with Gasteiger partial charge in [0.25, 0.3) is 0 Å². The van der Waals surface area contributed by atoms with E-state index in [2.05, 4.69) is 97.5 Å². The second-order valence-electron chi connectivity index (χ2n) is 18.4. The number of thioether (sulfide) groups is 2. The lowest BCUT2D eigenvalue weighted by Crippen LogP contribution is -2.35. The van der Waals surface area contributed by atoms with Crippen LogP contribution in [0.3, 0.4) is 0 Å². The van der Waals surface area contributed by atoms with Crippen LogP contribution in [0.25, 0.3) is 0 Å². The van der Waals surface area contributed by atoms with Gasteiger partial charge in [-0.15, -0.1) is 20.4 Å². The van der Waals surface area contributed by atoms with Crippen molar-refractivity contribution in [3.05, 3.63) is 60.7 Å². The normalized spacial score (nSPS) is 25.2. The van der Waals surface area contributed by atoms with E-state index in [0.717, 1.165) is 33.7 Å². The second kappa shape index (κ2) is 20.3. The maximum atomic E-state index is 4.54. The van der Waals surface area contributed by atoms with Crippen LogP contribution in [0.5, 0.6) is 0 Å². The minimum absolute atomic E-state index is 0.623. The van der Waals surface area contributed by atoms with E-state index in [1.165, 1.54) is 165 Å². The highest BCUT2D eigenvalue weighted by Gasteiger charge is 2.42. The molecule has 4 aromatic heterocycles. The van der Waals surface area contributed by atoms with Crippen molar-refractivity contribution >= 4 is 34.9 Å². The molecular formula is C46H68N12S2. The maximum Gasteiger partial charge on any atom is 0.190 e. The molecule has 14 heteroatoms. The van der Waals surface area contributed by atoms with Crippen LogP contribution in [-0.2, 0) is 14.1 Å². The number of hydrogen-bond acceptors (Lipinski definition) is 12. The van der Waals surface area contributed by atoms with Crippen LogP contribution in [0.2, 0.25) is 0 Å². The van der Waals surface area contributed by atoms with Crippen LogP contribution >= 0.6 is 23.5 Å². The molecule has 0 amide bonds. The minimum atomic E-state index is 0.623. The summed E-state index contributed by atoms with van der Waals surface area (Å²) >= 11 is 3.76. The van der Waals surface area contributed by atoms with Crippen LogP contribution in [-0.4, -0.2) is 125 Å². The number of pyridine rings is 2. The summed E-state index contributed by atoms with van der Waals surface area (Å²) < 4.78 is 4.51. The molecule has 6 aliphatic rings. The number of fused-ring (bicyclic) bond motifs is 2. The smallest absolute Gasteiger partial charge is 0.190 e. The number of aromatic nitrogens is 8. The van der Waals surface area contributed by atoms with Crippen molar-refractivity contribution in [1.82, 2.24) is 49.3 Å². The van der Waals surface area contributed by atoms with Gasteiger partial charge in [-0.3, -0.25) is 9.97 Å². The van der Waals surface area contributed by atoms with Crippen LogP contribution in [0, 0.1) is 11.8 Å². The average molecular weight is 853 g/mol. The van der Waals surface area contributed by atoms with Gasteiger partial charge in [-0.25, -0.2) is 0 Å². The zero-order chi connectivity index (χ0) is 40.7. The fourth-order valence-corrected chi connectivity index (χ4v) is 13.1. The van der Waals surface area contributed by atoms with Crippen LogP contribution in [0.1, 0.15) is 113 Å². The Balaban J connectivity index is 0.000000154. The molecule has 8 heterocycles. The Kier molecular flexibility index (Phi) is 14.3. The van der Waals surface area contributed by atoms with Crippen molar-refractivity contribution < 1.29 is 0 Å². The Morgan fingerprint density at radius 2 is 1.00 bits per heavy atom. The number of rotatable bonds is 14. The molecule has 10 rings (SSSR count). The van der Waals surface area contributed by atoms with Gasteiger partial charge in [0.05, 0.1) is 23.8 Å². The Bertz CT molecular complexity index is 1770. The van der Waals surface area contributed by atoms with E-state index in [4.69, 9.17) is 0 Å². The SMILES string of the molecule is Cn1c(SCCCN2C[C@@H]3CCN(c4cccnc4)[C@@H]3C2)nnc1C1CCCCC1.Cn1c(SCCCN2C[C@H]3CCN(c4cccnc4)[C@H]3C2)nnc1C1CCCCC1. The average Bonchev–Trinajstić information content (AvgIpc) is 4.16. The molecule has 0 radical (unpaired) electrons. The van der Waals surface area contributed by atoms with E-state index in [1.807, 2.05) is 48.3 Å². The van der Waals surface area contributed by atoms with E-state index in [-0.39, 0.29) is 0 Å². The van der Waals surface area contributed by atoms with Gasteiger partial charge in [0.15, 0.2) is 10.3 Å². The van der Waals surface area contributed by atoms with Gasteiger partial charge < -0.3 is 28.7 Å². The standard InChI is InChI=1S/2C23H34N6S/c2*1-27-22(18-7-3-2-4-8-18)25-26-23(27)30-14-6-12-28-16-19-10-13-29(21(19)17-28)20-9-5-11-24-15-20/h2*5,9,11,15,18-19,21H,2-4,6-8,10,12-14,16-17H2,1H3/t2*19-,21+/m10/s1. The minimum Gasteiger partial charge on any atom is -0.366 e. The van der Waals surface area contributed by atoms with Crippen molar-refractivity contribution in [2.24, 2.45) is 25.9 Å². The fraction of sp³-hybridized carbons (Fsp3) is 0.696. The molecule has 0 bridgehead atoms. The van der Waals surface area contributed by atoms with Crippen LogP contribution in [0.4, 0.5) is 11.4 Å². The van der Waals surface area contributed by atoms with E-state index in [1.54, 1.807) is 0 Å². The third-order valence-electron chi connectivity index (χ3n) is 14.6. The quantitative estimate of drug-likeness (QED) is 0.0911. The van der Waals surface area contributed by atoms with Crippen LogP contribution in [0.15, 0.2) is 59.4 Å². The third kappa shape index (κ3) is 9.87. The first-order chi connectivity index (χ1) is 29.6. The summed E-state index contributed by atoms with van der Waals surface area (Å²) in [6, 6.07) is 9.85. The first-order valence-electron chi connectivity index (χ1n) is 23.4. The lowest BCUT2D eigenvalue weighted by molar-refractivity contribution is 0.319. The van der Waals surface area contributed by atoms with Gasteiger partial charge in [-0.1, -0.05) is 62.0 Å². The Hall–Kier alpha value is -3.20. The lowest BCUT2D eigenvalue weighted by Gasteiger charge is -2.26. The van der Waals surface area contributed by atoms with Gasteiger partial charge in [-0.05, 0) is 101 Å². The summed E-state index contributed by atoms with van der Waals surface area (Å²) in [5.74, 6) is 7.53. The molecule has 0 unspecified atom stereocenters. The molecule has 6 fully saturated rings. The number of anilines is 2. The largest absolute Gasteiger partial charge is 0.366 e. The molecule has 0 N–H and O–H groups in total. The lowest BCUT2D eigenvalue weighted by atomic mass is 9.89. The van der Waals surface area contributed by atoms with E-state index < -0.39 is 0 Å². The molecule has 60 heavy (non-hydrogen) atoms. The van der Waals surface area contributed by atoms with Crippen molar-refractivity contribution in [3.63, 3.8) is 0 Å². The Morgan fingerprint density at radius 1 is 0.550 bits per heavy atom. The summed E-state index contributed by atoms with van der Waals surface area (Å²) in [5.41, 5.74) is 2.58. The van der Waals surface area contributed by atoms with Gasteiger partial charge in [-0.2, -0.15) is 0 Å². The van der Waals surface area contributed by atoms with Crippen LogP contribution < -0.4 is 9.80 Å². The van der Waals surface area contributed by atoms with Crippen molar-refractivity contribution in [1.29, 1.82) is 0 Å². The number of nitrogens with zero attached hydrogens (tertiary/aromatic N) is 12. The predicted octanol–water partition coefficient (Wildman–Crippen LogP) is 7.90. The highest BCUT2D eigenvalue weighted by atomic mass is 32.2. The first kappa shape index (κ1) is 42.1. The molecule has 0 spiro atoms. The fourth-order valence-electron chi connectivity index (χ4n) is 11.4. The number of likely N-dealkylation sites (tertiary alicyclic amines) is 2. The number of hydrogen-bond donors (Lipinski definition) is 0. The van der Waals surface area contributed by atoms with E-state index in [0.29, 0.717) is 23.9 Å². The van der Waals surface area contributed by atoms with E-state index >= 15 is 0 Å². The molecule has 2 aliphatic carbocycles. The maximum absolute atomic E-state index is 4.54. The summed E-state index contributed by atoms with van der Waals surface area (Å²) in [6.07, 6.45) is 26.1. The predicted molar refractivity (Wildman–Crippen MR) is 244 cm³/mol. The summed E-state index contributed by atoms with van der Waals surface area (Å²) in [7, 11) is 4.31. The summed E-state index contributed by atoms with van der Waals surface area (Å²) in [5, 5.41) is 20.3. The Morgan fingerprint density at radius 3 is 1.42 bits per heavy atom. The van der Waals surface area contributed by atoms with Gasteiger partial charge >= 0.3 is 0 Å². The van der Waals surface area contributed by atoms with E-state index in [9.17, 15) is 0 Å². The zero-order valence-electron chi connectivity index (χ0n) is 36.2. The highest BCUT2D eigenvalue weighted by molar-refractivity contribution is 7.99. The third-order valence-corrected chi connectivity index (χ3v) is 16.8. The molecule has 4 saturated heterocycles. The molecule has 4 atom stereocenters. The topological polar surface area (TPSA) is 100 Å². The zero-order valence-corrected chi connectivity index (χ0v) is 37.9. The van der Waals surface area contributed by atoms with Gasteiger partial charge in [0.2, 0.25) is 0 Å². The molecule has 2 saturated carbocycles. The monoisotopic (exact) mass is 853 g/mol. The Labute approximate surface area is 367 Å². The molecule has 324 valence electrons. The molecule has 4 aromatic rings. The van der Waals surface area contributed by atoms with Gasteiger partial charge in [0, 0.05) is 101 Å². The summed E-state index contributed by atoms with van der Waals surface area (Å²) in [4.78, 5) is 19.1. The molecule has 4 aliphatic heterocycles. The summed E-state index contributed by atoms with van der Waals surface area (Å²) in [6.45, 7) is 9.63. The molecular weight excluding hydrogens is 785 g/mol. The van der Waals surface area contributed by atoms with Crippen molar-refractivity contribution in [2.75, 3.05) is 73.7 Å². The van der Waals surface area contributed by atoms with Crippen molar-refractivity contribution in [2.45, 2.75) is 124 Å².